The molecule has 4 heterocycles. The summed E-state index contributed by atoms with van der Waals surface area (Å²) in [5.41, 5.74) is 0.393. The number of fused-ring (bicyclic) bond motifs is 1. The Morgan fingerprint density at radius 3 is 2.32 bits per heavy atom. The number of aromatic nitrogens is 2. The number of nitrogens with zero attached hydrogens (tertiary/aromatic N) is 5. The van der Waals surface area contributed by atoms with Gasteiger partial charge >= 0.3 is 18.2 Å². The number of carbonyl (C=O) groups excluding carboxylic acids is 4. The SMILES string of the molecule is [2H]C1([2H])CC(OCC2CCN(C(=O)c3ccc(Cl)c(N4CCC(=O)NC4=O)c3)CC2)CC([2H])([2H])N1C(=O)C1CCC(c2cc3c(N[C@H](C)c4cc(C(=O)O)cc(C(F)(F)F)c4)nc(C)nc3cc2OC)CC1. The third-order valence-corrected chi connectivity index (χ3v) is 13.6. The molecule has 1 saturated carbocycles. The van der Waals surface area contributed by atoms with Crippen LogP contribution >= 0.6 is 11.6 Å². The van der Waals surface area contributed by atoms with E-state index in [2.05, 4.69) is 20.6 Å². The average molecular weight is 966 g/mol. The number of piperidine rings is 2. The van der Waals surface area contributed by atoms with Crippen LogP contribution in [0.2, 0.25) is 5.02 Å². The number of amides is 5. The summed E-state index contributed by atoms with van der Waals surface area (Å²) in [5.74, 6) is -2.36. The van der Waals surface area contributed by atoms with Crippen LogP contribution in [0.3, 0.4) is 0 Å². The number of carboxylic acid groups (broad SMARTS) is 1. The van der Waals surface area contributed by atoms with Crippen LogP contribution in [0.15, 0.2) is 48.5 Å². The van der Waals surface area contributed by atoms with Crippen molar-refractivity contribution in [1.82, 2.24) is 25.1 Å². The molecule has 1 atom stereocenters. The third-order valence-electron chi connectivity index (χ3n) is 13.2. The van der Waals surface area contributed by atoms with Gasteiger partial charge in [-0.05, 0) is 131 Å². The summed E-state index contributed by atoms with van der Waals surface area (Å²) >= 11 is 6.38. The first-order chi connectivity index (χ1) is 33.9. The van der Waals surface area contributed by atoms with Crippen LogP contribution in [0.5, 0.6) is 5.75 Å². The van der Waals surface area contributed by atoms with Gasteiger partial charge in [0.15, 0.2) is 0 Å². The maximum Gasteiger partial charge on any atom is 0.416 e. The van der Waals surface area contributed by atoms with Gasteiger partial charge in [0.25, 0.3) is 5.91 Å². The summed E-state index contributed by atoms with van der Waals surface area (Å²) in [7, 11) is 1.51. The molecule has 3 aromatic carbocycles. The molecule has 1 aliphatic carbocycles. The molecule has 4 fully saturated rings. The fourth-order valence-electron chi connectivity index (χ4n) is 9.40. The van der Waals surface area contributed by atoms with Crippen molar-refractivity contribution in [2.45, 2.75) is 95.9 Å². The van der Waals surface area contributed by atoms with E-state index in [1.807, 2.05) is 6.07 Å². The quantitative estimate of drug-likeness (QED) is 0.123. The molecule has 0 bridgehead atoms. The Labute approximate surface area is 402 Å². The number of alkyl halides is 3. The number of nitrogens with one attached hydrogen (secondary N) is 2. The molecule has 3 saturated heterocycles. The second kappa shape index (κ2) is 20.3. The molecule has 0 radical (unpaired) electrons. The molecule has 0 spiro atoms. The largest absolute Gasteiger partial charge is 0.496 e. The van der Waals surface area contributed by atoms with Crippen molar-refractivity contribution in [3.05, 3.63) is 87.2 Å². The highest BCUT2D eigenvalue weighted by atomic mass is 35.5. The Morgan fingerprint density at radius 2 is 1.66 bits per heavy atom. The summed E-state index contributed by atoms with van der Waals surface area (Å²) in [6.07, 6.45) is -3.17. The van der Waals surface area contributed by atoms with Crippen LogP contribution in [-0.2, 0) is 20.5 Å². The Morgan fingerprint density at radius 1 is 0.941 bits per heavy atom. The smallest absolute Gasteiger partial charge is 0.416 e. The fourth-order valence-corrected chi connectivity index (χ4v) is 9.62. The molecule has 1 aromatic heterocycles. The molecule has 19 heteroatoms. The number of methoxy groups -OCH3 is 1. The van der Waals surface area contributed by atoms with Gasteiger partial charge in [0.05, 0.1) is 46.6 Å². The molecular formula is C49H55ClF3N7O8. The maximum atomic E-state index is 14.2. The summed E-state index contributed by atoms with van der Waals surface area (Å²) in [6, 6.07) is 9.48. The molecule has 4 aromatic rings. The molecule has 362 valence electrons. The number of carboxylic acids is 1. The number of halogens is 4. The Kier molecular flexibility index (Phi) is 12.9. The van der Waals surface area contributed by atoms with E-state index in [9.17, 15) is 42.3 Å². The number of benzene rings is 3. The Hall–Kier alpha value is -6.01. The highest BCUT2D eigenvalue weighted by Gasteiger charge is 2.36. The zero-order valence-electron chi connectivity index (χ0n) is 41.8. The van der Waals surface area contributed by atoms with Gasteiger partial charge < -0.3 is 29.7 Å². The van der Waals surface area contributed by atoms with Gasteiger partial charge in [-0.2, -0.15) is 13.2 Å². The molecule has 3 aliphatic heterocycles. The van der Waals surface area contributed by atoms with Crippen LogP contribution in [0, 0.1) is 18.8 Å². The van der Waals surface area contributed by atoms with E-state index >= 15 is 0 Å². The second-order valence-electron chi connectivity index (χ2n) is 17.8. The maximum absolute atomic E-state index is 14.2. The molecule has 68 heavy (non-hydrogen) atoms. The molecule has 0 unspecified atom stereocenters. The van der Waals surface area contributed by atoms with Gasteiger partial charge in [0, 0.05) is 74.1 Å². The first kappa shape index (κ1) is 43.3. The van der Waals surface area contributed by atoms with Gasteiger partial charge in [-0.15, -0.1) is 0 Å². The van der Waals surface area contributed by atoms with Gasteiger partial charge in [-0.3, -0.25) is 24.6 Å². The lowest BCUT2D eigenvalue weighted by molar-refractivity contribution is -0.139. The molecular weight excluding hydrogens is 907 g/mol. The van der Waals surface area contributed by atoms with E-state index in [1.54, 1.807) is 36.9 Å². The van der Waals surface area contributed by atoms with Crippen LogP contribution < -0.4 is 20.3 Å². The standard InChI is InChI=1S/C49H55ClF3N7O8/c1-27(33-20-34(47(64)65)22-35(21-33)49(51,52)53)54-44-38-24-37(42(67-3)25-40(38)55-28(2)56-44)30-4-6-31(7-5-30)45(62)59-17-12-36(13-18-59)68-26-29-10-15-58(16-11-29)46(63)32-8-9-39(50)41(23-32)60-19-14-43(61)57-48(60)66/h8-9,20-25,27,29-31,36H,4-7,10-19,26H2,1-3H3,(H,64,65)(H,54,55,56)(H,57,61,66)/t27-,30?,31?/m1/s1/i17D2,18D2. The van der Waals surface area contributed by atoms with Crippen LogP contribution in [0.1, 0.15) is 125 Å². The van der Waals surface area contributed by atoms with Gasteiger partial charge in [0.1, 0.15) is 17.4 Å². The number of hydrogen-bond acceptors (Lipinski definition) is 10. The number of imide groups is 1. The topological polar surface area (TPSA) is 184 Å². The molecule has 15 nitrogen and oxygen atoms in total. The van der Waals surface area contributed by atoms with E-state index < -0.39 is 72.2 Å². The lowest BCUT2D eigenvalue weighted by Crippen LogP contribution is -2.49. The lowest BCUT2D eigenvalue weighted by atomic mass is 9.77. The number of carbonyl (C=O) groups is 5. The van der Waals surface area contributed by atoms with Gasteiger partial charge in [-0.1, -0.05) is 11.6 Å². The predicted octanol–water partition coefficient (Wildman–Crippen LogP) is 8.77. The zero-order valence-corrected chi connectivity index (χ0v) is 38.5. The zero-order chi connectivity index (χ0) is 52.0. The van der Waals surface area contributed by atoms with Crippen molar-refractivity contribution in [3.63, 3.8) is 0 Å². The number of aromatic carboxylic acids is 1. The average Bonchev–Trinajstić information content (AvgIpc) is 3.32. The van der Waals surface area contributed by atoms with Crippen molar-refractivity contribution in [2.75, 3.05) is 56.6 Å². The minimum Gasteiger partial charge on any atom is -0.496 e. The third kappa shape index (κ3) is 10.8. The van der Waals surface area contributed by atoms with E-state index in [0.717, 1.165) is 16.5 Å². The first-order valence-electron chi connectivity index (χ1n) is 24.7. The number of hydrogen-bond donors (Lipinski definition) is 3. The minimum atomic E-state index is -4.78. The number of anilines is 2. The van der Waals surface area contributed by atoms with Crippen LogP contribution in [-0.4, -0.2) is 107 Å². The van der Waals surface area contributed by atoms with E-state index in [1.165, 1.54) is 24.1 Å². The number of rotatable bonds is 12. The lowest BCUT2D eigenvalue weighted by Gasteiger charge is -2.37. The van der Waals surface area contributed by atoms with Crippen molar-refractivity contribution < 1.29 is 57.2 Å². The molecule has 8 rings (SSSR count). The first-order valence-corrected chi connectivity index (χ1v) is 23.0. The van der Waals surface area contributed by atoms with E-state index in [-0.39, 0.29) is 60.7 Å². The summed E-state index contributed by atoms with van der Waals surface area (Å²) in [6.45, 7) is -0.306. The van der Waals surface area contributed by atoms with Crippen LogP contribution in [0.4, 0.5) is 29.5 Å². The van der Waals surface area contributed by atoms with Crippen molar-refractivity contribution in [2.24, 2.45) is 11.8 Å². The number of urea groups is 1. The molecule has 4 aliphatic rings. The fraction of sp³-hybridized carbons (Fsp3) is 0.490. The minimum absolute atomic E-state index is 0.0127. The van der Waals surface area contributed by atoms with Crippen molar-refractivity contribution in [3.8, 4) is 5.75 Å². The summed E-state index contributed by atoms with van der Waals surface area (Å²) in [4.78, 5) is 76.5. The summed E-state index contributed by atoms with van der Waals surface area (Å²) < 4.78 is 89.2. The Balaban J connectivity index is 0.873. The van der Waals surface area contributed by atoms with Crippen LogP contribution in [0.25, 0.3) is 10.9 Å². The molecule has 3 N–H and O–H groups in total. The summed E-state index contributed by atoms with van der Waals surface area (Å²) in [5, 5.41) is 15.8. The number of likely N-dealkylation sites (tertiary alicyclic amines) is 2. The van der Waals surface area contributed by atoms with Crippen molar-refractivity contribution in [1.29, 1.82) is 0 Å². The van der Waals surface area contributed by atoms with Gasteiger partial charge in [-0.25, -0.2) is 19.6 Å². The Bertz CT molecular complexity index is 2770. The highest BCUT2D eigenvalue weighted by molar-refractivity contribution is 6.34. The van der Waals surface area contributed by atoms with E-state index in [0.29, 0.717) is 97.2 Å². The second-order valence-corrected chi connectivity index (χ2v) is 18.2. The normalized spacial score (nSPS) is 22.7. The predicted molar refractivity (Wildman–Crippen MR) is 247 cm³/mol. The monoisotopic (exact) mass is 965 g/mol. The number of aryl methyl sites for hydroxylation is 1. The van der Waals surface area contributed by atoms with Gasteiger partial charge in [0.2, 0.25) is 11.8 Å². The van der Waals surface area contributed by atoms with E-state index in [4.69, 9.17) is 26.6 Å². The molecule has 5 amide bonds. The number of ether oxygens (including phenoxy) is 2. The highest BCUT2D eigenvalue weighted by Crippen LogP contribution is 2.43. The van der Waals surface area contributed by atoms with Crippen molar-refractivity contribution >= 4 is 63.7 Å².